The van der Waals surface area contributed by atoms with Gasteiger partial charge in [0.25, 0.3) is 5.91 Å². The van der Waals surface area contributed by atoms with Gasteiger partial charge in [-0.1, -0.05) is 11.6 Å². The number of pyridine rings is 1. The second kappa shape index (κ2) is 4.39. The van der Waals surface area contributed by atoms with E-state index in [4.69, 9.17) is 16.7 Å². The van der Waals surface area contributed by atoms with Crippen LogP contribution in [0.1, 0.15) is 23.2 Å². The van der Waals surface area contributed by atoms with E-state index in [0.717, 1.165) is 12.8 Å². The van der Waals surface area contributed by atoms with Crippen molar-refractivity contribution in [2.45, 2.75) is 12.8 Å². The number of amides is 1. The standard InChI is InChI=1S/C11H13ClN2O2/c12-9-5-13-4-1-8(9)10(16)14-6-11(7-15)2-3-11/h1,4-5,15H,2-3,6-7H2,(H,14,16). The molecule has 1 aliphatic rings. The van der Waals surface area contributed by atoms with Crippen LogP contribution in [0, 0.1) is 5.41 Å². The van der Waals surface area contributed by atoms with E-state index < -0.39 is 0 Å². The van der Waals surface area contributed by atoms with Crippen LogP contribution in [-0.4, -0.2) is 29.1 Å². The average molecular weight is 241 g/mol. The summed E-state index contributed by atoms with van der Waals surface area (Å²) in [6.07, 6.45) is 4.90. The van der Waals surface area contributed by atoms with E-state index in [-0.39, 0.29) is 17.9 Å². The molecular weight excluding hydrogens is 228 g/mol. The third kappa shape index (κ3) is 2.33. The van der Waals surface area contributed by atoms with Gasteiger partial charge in [-0.3, -0.25) is 9.78 Å². The fraction of sp³-hybridized carbons (Fsp3) is 0.455. The zero-order chi connectivity index (χ0) is 11.6. The molecule has 2 rings (SSSR count). The van der Waals surface area contributed by atoms with Gasteiger partial charge in [-0.15, -0.1) is 0 Å². The lowest BCUT2D eigenvalue weighted by atomic mass is 10.1. The molecule has 0 radical (unpaired) electrons. The fourth-order valence-corrected chi connectivity index (χ4v) is 1.70. The molecule has 0 aliphatic heterocycles. The van der Waals surface area contributed by atoms with Crippen molar-refractivity contribution in [2.24, 2.45) is 5.41 Å². The Balaban J connectivity index is 1.96. The van der Waals surface area contributed by atoms with Crippen molar-refractivity contribution in [3.05, 3.63) is 29.0 Å². The zero-order valence-corrected chi connectivity index (χ0v) is 9.50. The van der Waals surface area contributed by atoms with Crippen molar-refractivity contribution < 1.29 is 9.90 Å². The van der Waals surface area contributed by atoms with Crippen LogP contribution >= 0.6 is 11.6 Å². The summed E-state index contributed by atoms with van der Waals surface area (Å²) >= 11 is 5.85. The molecule has 1 amide bonds. The van der Waals surface area contributed by atoms with Crippen LogP contribution in [0.3, 0.4) is 0 Å². The van der Waals surface area contributed by atoms with E-state index in [1.165, 1.54) is 12.4 Å². The Bertz CT molecular complexity index is 405. The minimum atomic E-state index is -0.216. The number of aliphatic hydroxyl groups is 1. The summed E-state index contributed by atoms with van der Waals surface area (Å²) in [5.74, 6) is -0.216. The predicted molar refractivity (Wildman–Crippen MR) is 60.3 cm³/mol. The Hall–Kier alpha value is -1.13. The largest absolute Gasteiger partial charge is 0.396 e. The number of nitrogens with one attached hydrogen (secondary N) is 1. The summed E-state index contributed by atoms with van der Waals surface area (Å²) in [5.41, 5.74) is 0.334. The Labute approximate surface area is 98.6 Å². The molecule has 16 heavy (non-hydrogen) atoms. The third-order valence-corrected chi connectivity index (χ3v) is 3.23. The number of carbonyl (C=O) groups is 1. The van der Waals surface area contributed by atoms with Crippen molar-refractivity contribution in [1.29, 1.82) is 0 Å². The highest BCUT2D eigenvalue weighted by molar-refractivity contribution is 6.33. The molecule has 4 nitrogen and oxygen atoms in total. The number of carbonyl (C=O) groups excluding carboxylic acids is 1. The van der Waals surface area contributed by atoms with Crippen LogP contribution < -0.4 is 5.32 Å². The molecule has 1 fully saturated rings. The zero-order valence-electron chi connectivity index (χ0n) is 8.74. The normalized spacial score (nSPS) is 16.9. The van der Waals surface area contributed by atoms with Gasteiger partial charge in [-0.2, -0.15) is 0 Å². The molecule has 0 aromatic carbocycles. The van der Waals surface area contributed by atoms with E-state index in [9.17, 15) is 4.79 Å². The molecule has 5 heteroatoms. The number of halogens is 1. The Morgan fingerprint density at radius 2 is 2.38 bits per heavy atom. The number of hydrogen-bond acceptors (Lipinski definition) is 3. The van der Waals surface area contributed by atoms with Gasteiger partial charge in [0.05, 0.1) is 17.2 Å². The van der Waals surface area contributed by atoms with E-state index in [1.807, 2.05) is 0 Å². The van der Waals surface area contributed by atoms with Crippen LogP contribution in [0.4, 0.5) is 0 Å². The van der Waals surface area contributed by atoms with Gasteiger partial charge in [-0.25, -0.2) is 0 Å². The number of nitrogens with zero attached hydrogens (tertiary/aromatic N) is 1. The fourth-order valence-electron chi connectivity index (χ4n) is 1.49. The van der Waals surface area contributed by atoms with E-state index >= 15 is 0 Å². The van der Waals surface area contributed by atoms with Gasteiger partial charge in [-0.05, 0) is 18.9 Å². The molecule has 0 bridgehead atoms. The van der Waals surface area contributed by atoms with Gasteiger partial charge in [0.15, 0.2) is 0 Å². The first-order chi connectivity index (χ1) is 7.67. The highest BCUT2D eigenvalue weighted by Gasteiger charge is 2.42. The van der Waals surface area contributed by atoms with Gasteiger partial charge in [0.2, 0.25) is 0 Å². The monoisotopic (exact) mass is 240 g/mol. The summed E-state index contributed by atoms with van der Waals surface area (Å²) in [6.45, 7) is 0.623. The lowest BCUT2D eigenvalue weighted by Crippen LogP contribution is -2.32. The van der Waals surface area contributed by atoms with Crippen LogP contribution in [0.5, 0.6) is 0 Å². The third-order valence-electron chi connectivity index (χ3n) is 2.93. The summed E-state index contributed by atoms with van der Waals surface area (Å²) in [5, 5.41) is 12.2. The number of aromatic nitrogens is 1. The Morgan fingerprint density at radius 3 is 2.94 bits per heavy atom. The highest BCUT2D eigenvalue weighted by atomic mass is 35.5. The summed E-state index contributed by atoms with van der Waals surface area (Å²) in [6, 6.07) is 1.58. The van der Waals surface area contributed by atoms with Gasteiger partial charge < -0.3 is 10.4 Å². The SMILES string of the molecule is O=C(NCC1(CO)CC1)c1ccncc1Cl. The smallest absolute Gasteiger partial charge is 0.252 e. The van der Waals surface area contributed by atoms with Crippen molar-refractivity contribution in [3.63, 3.8) is 0 Å². The maximum absolute atomic E-state index is 11.8. The lowest BCUT2D eigenvalue weighted by Gasteiger charge is -2.12. The topological polar surface area (TPSA) is 62.2 Å². The molecule has 0 atom stereocenters. The Kier molecular flexibility index (Phi) is 3.12. The Morgan fingerprint density at radius 1 is 1.62 bits per heavy atom. The lowest BCUT2D eigenvalue weighted by molar-refractivity contribution is 0.0935. The molecule has 0 spiro atoms. The van der Waals surface area contributed by atoms with Crippen LogP contribution in [0.15, 0.2) is 18.5 Å². The molecule has 1 saturated carbocycles. The first-order valence-electron chi connectivity index (χ1n) is 5.15. The highest BCUT2D eigenvalue weighted by Crippen LogP contribution is 2.44. The minimum absolute atomic E-state index is 0.0881. The second-order valence-electron chi connectivity index (χ2n) is 4.20. The molecule has 0 unspecified atom stereocenters. The van der Waals surface area contributed by atoms with E-state index in [0.29, 0.717) is 17.1 Å². The molecule has 1 heterocycles. The number of rotatable bonds is 4. The molecular formula is C11H13ClN2O2. The van der Waals surface area contributed by atoms with Gasteiger partial charge in [0, 0.05) is 24.4 Å². The van der Waals surface area contributed by atoms with Crippen LogP contribution in [0.2, 0.25) is 5.02 Å². The van der Waals surface area contributed by atoms with Crippen LogP contribution in [-0.2, 0) is 0 Å². The maximum atomic E-state index is 11.8. The van der Waals surface area contributed by atoms with Crippen molar-refractivity contribution in [3.8, 4) is 0 Å². The quantitative estimate of drug-likeness (QED) is 0.832. The summed E-state index contributed by atoms with van der Waals surface area (Å²) in [4.78, 5) is 15.6. The first-order valence-corrected chi connectivity index (χ1v) is 5.53. The molecule has 1 aromatic heterocycles. The summed E-state index contributed by atoms with van der Waals surface area (Å²) < 4.78 is 0. The average Bonchev–Trinajstić information content (AvgIpc) is 3.07. The van der Waals surface area contributed by atoms with Gasteiger partial charge >= 0.3 is 0 Å². The van der Waals surface area contributed by atoms with E-state index in [2.05, 4.69) is 10.3 Å². The molecule has 2 N–H and O–H groups in total. The first kappa shape index (κ1) is 11.4. The second-order valence-corrected chi connectivity index (χ2v) is 4.60. The number of aliphatic hydroxyl groups excluding tert-OH is 1. The van der Waals surface area contributed by atoms with Crippen LogP contribution in [0.25, 0.3) is 0 Å². The van der Waals surface area contributed by atoms with Crippen molar-refractivity contribution in [1.82, 2.24) is 10.3 Å². The molecule has 0 saturated heterocycles. The van der Waals surface area contributed by atoms with E-state index in [1.54, 1.807) is 6.07 Å². The molecule has 1 aromatic rings. The molecule has 86 valence electrons. The number of hydrogen-bond donors (Lipinski definition) is 2. The van der Waals surface area contributed by atoms with Crippen molar-refractivity contribution >= 4 is 17.5 Å². The van der Waals surface area contributed by atoms with Crippen molar-refractivity contribution in [2.75, 3.05) is 13.2 Å². The van der Waals surface area contributed by atoms with Gasteiger partial charge in [0.1, 0.15) is 0 Å². The summed E-state index contributed by atoms with van der Waals surface area (Å²) in [7, 11) is 0. The maximum Gasteiger partial charge on any atom is 0.252 e. The minimum Gasteiger partial charge on any atom is -0.396 e. The molecule has 1 aliphatic carbocycles. The predicted octanol–water partition coefficient (Wildman–Crippen LogP) is 1.24.